The second-order valence-electron chi connectivity index (χ2n) is 5.91. The monoisotopic (exact) mass is 370 g/mol. The number of hydrogen-bond acceptors (Lipinski definition) is 3. The molecule has 2 aromatic carbocycles. The fourth-order valence-corrected chi connectivity index (χ4v) is 2.62. The molecule has 0 aliphatic heterocycles. The molecule has 1 aromatic heterocycles. The van der Waals surface area contributed by atoms with Crippen LogP contribution in [-0.2, 0) is 11.2 Å². The first-order chi connectivity index (χ1) is 12.5. The van der Waals surface area contributed by atoms with Gasteiger partial charge in [-0.05, 0) is 43.2 Å². The Hall–Kier alpha value is -2.79. The number of rotatable bonds is 5. The summed E-state index contributed by atoms with van der Waals surface area (Å²) in [5, 5.41) is 5.40. The summed E-state index contributed by atoms with van der Waals surface area (Å²) >= 11 is 5.84. The third-order valence-electron chi connectivity index (χ3n) is 4.03. The van der Waals surface area contributed by atoms with Crippen molar-refractivity contribution < 1.29 is 14.0 Å². The summed E-state index contributed by atoms with van der Waals surface area (Å²) in [5.41, 5.74) is 2.66. The van der Waals surface area contributed by atoms with Crippen molar-refractivity contribution >= 4 is 45.8 Å². The standard InChI is InChI=1S/C20H19ClN2O3/c1-3-13-8-10-14(11-9-13)22-20(25)18-17(23-19(24)12(2)21)15-6-4-5-7-16(15)26-18/h4-12H,3H2,1-2H3,(H,22,25)(H,23,24)/t12-/m0/s1. The van der Waals surface area contributed by atoms with Crippen LogP contribution in [0.4, 0.5) is 11.4 Å². The van der Waals surface area contributed by atoms with Crippen molar-refractivity contribution in [3.05, 3.63) is 59.9 Å². The molecule has 0 radical (unpaired) electrons. The first-order valence-electron chi connectivity index (χ1n) is 8.36. The highest BCUT2D eigenvalue weighted by atomic mass is 35.5. The van der Waals surface area contributed by atoms with E-state index >= 15 is 0 Å². The van der Waals surface area contributed by atoms with Gasteiger partial charge >= 0.3 is 0 Å². The molecule has 2 N–H and O–H groups in total. The highest BCUT2D eigenvalue weighted by Crippen LogP contribution is 2.31. The minimum absolute atomic E-state index is 0.0384. The Morgan fingerprint density at radius 1 is 1.08 bits per heavy atom. The maximum atomic E-state index is 12.7. The lowest BCUT2D eigenvalue weighted by molar-refractivity contribution is -0.115. The Bertz CT molecular complexity index is 945. The Morgan fingerprint density at radius 3 is 2.42 bits per heavy atom. The van der Waals surface area contributed by atoms with Gasteiger partial charge in [0.25, 0.3) is 5.91 Å². The van der Waals surface area contributed by atoms with Crippen LogP contribution in [0.15, 0.2) is 52.9 Å². The number of nitrogens with one attached hydrogen (secondary N) is 2. The average Bonchev–Trinajstić information content (AvgIpc) is 3.01. The zero-order valence-electron chi connectivity index (χ0n) is 14.5. The van der Waals surface area contributed by atoms with Gasteiger partial charge in [0.2, 0.25) is 11.7 Å². The van der Waals surface area contributed by atoms with Gasteiger partial charge in [0.05, 0.1) is 0 Å². The molecule has 0 aliphatic carbocycles. The Morgan fingerprint density at radius 2 is 1.77 bits per heavy atom. The number of hydrogen-bond donors (Lipinski definition) is 2. The van der Waals surface area contributed by atoms with E-state index in [1.54, 1.807) is 25.1 Å². The second kappa shape index (κ2) is 7.62. The number of fused-ring (bicyclic) bond motifs is 1. The minimum atomic E-state index is -0.735. The summed E-state index contributed by atoms with van der Waals surface area (Å²) in [7, 11) is 0. The van der Waals surface area contributed by atoms with E-state index in [0.717, 1.165) is 6.42 Å². The maximum Gasteiger partial charge on any atom is 0.293 e. The molecule has 26 heavy (non-hydrogen) atoms. The molecule has 0 fully saturated rings. The molecule has 134 valence electrons. The van der Waals surface area contributed by atoms with Crippen molar-refractivity contribution in [3.63, 3.8) is 0 Å². The van der Waals surface area contributed by atoms with Gasteiger partial charge in [-0.15, -0.1) is 11.6 Å². The van der Waals surface area contributed by atoms with E-state index in [2.05, 4.69) is 17.6 Å². The number of para-hydroxylation sites is 1. The third-order valence-corrected chi connectivity index (χ3v) is 4.23. The molecule has 0 saturated heterocycles. The van der Waals surface area contributed by atoms with Crippen molar-refractivity contribution in [2.45, 2.75) is 25.6 Å². The lowest BCUT2D eigenvalue weighted by Gasteiger charge is -2.08. The van der Waals surface area contributed by atoms with Crippen LogP contribution in [0.1, 0.15) is 30.0 Å². The molecular formula is C20H19ClN2O3. The van der Waals surface area contributed by atoms with Crippen LogP contribution in [0.25, 0.3) is 11.0 Å². The molecule has 0 saturated carbocycles. The van der Waals surface area contributed by atoms with Crippen molar-refractivity contribution in [2.24, 2.45) is 0 Å². The molecule has 1 atom stereocenters. The molecule has 0 bridgehead atoms. The van der Waals surface area contributed by atoms with E-state index in [1.165, 1.54) is 5.56 Å². The van der Waals surface area contributed by atoms with Gasteiger partial charge < -0.3 is 15.1 Å². The highest BCUT2D eigenvalue weighted by Gasteiger charge is 2.23. The van der Waals surface area contributed by atoms with Gasteiger partial charge in [0.15, 0.2) is 0 Å². The van der Waals surface area contributed by atoms with Crippen LogP contribution in [0.3, 0.4) is 0 Å². The van der Waals surface area contributed by atoms with Crippen molar-refractivity contribution in [2.75, 3.05) is 10.6 Å². The quantitative estimate of drug-likeness (QED) is 0.633. The zero-order chi connectivity index (χ0) is 18.7. The molecule has 6 heteroatoms. The molecule has 1 heterocycles. The minimum Gasteiger partial charge on any atom is -0.449 e. The number of benzene rings is 2. The van der Waals surface area contributed by atoms with Crippen LogP contribution in [0, 0.1) is 0 Å². The molecule has 0 aliphatic rings. The molecule has 3 aromatic rings. The SMILES string of the molecule is CCc1ccc(NC(=O)c2oc3ccccc3c2NC(=O)[C@H](C)Cl)cc1. The number of halogens is 1. The summed E-state index contributed by atoms with van der Waals surface area (Å²) in [4.78, 5) is 24.8. The Balaban J connectivity index is 1.94. The predicted octanol–water partition coefficient (Wildman–Crippen LogP) is 4.81. The van der Waals surface area contributed by atoms with Crippen molar-refractivity contribution in [1.29, 1.82) is 0 Å². The van der Waals surface area contributed by atoms with Gasteiger partial charge in [-0.2, -0.15) is 0 Å². The fraction of sp³-hybridized carbons (Fsp3) is 0.200. The van der Waals surface area contributed by atoms with E-state index in [-0.39, 0.29) is 5.76 Å². The summed E-state index contributed by atoms with van der Waals surface area (Å²) < 4.78 is 5.69. The summed E-state index contributed by atoms with van der Waals surface area (Å²) in [6.07, 6.45) is 0.921. The first-order valence-corrected chi connectivity index (χ1v) is 8.80. The van der Waals surface area contributed by atoms with E-state index in [0.29, 0.717) is 22.3 Å². The Kier molecular flexibility index (Phi) is 5.28. The number of carbonyl (C=O) groups excluding carboxylic acids is 2. The van der Waals surface area contributed by atoms with E-state index in [4.69, 9.17) is 16.0 Å². The summed E-state index contributed by atoms with van der Waals surface area (Å²) in [6.45, 7) is 3.63. The van der Waals surface area contributed by atoms with Crippen LogP contribution >= 0.6 is 11.6 Å². The summed E-state index contributed by atoms with van der Waals surface area (Å²) in [5.74, 6) is -0.807. The van der Waals surface area contributed by atoms with Gasteiger partial charge in [0, 0.05) is 11.1 Å². The van der Waals surface area contributed by atoms with Gasteiger partial charge in [0.1, 0.15) is 16.6 Å². The van der Waals surface area contributed by atoms with Crippen LogP contribution in [0.5, 0.6) is 0 Å². The normalized spacial score (nSPS) is 12.0. The lowest BCUT2D eigenvalue weighted by atomic mass is 10.1. The molecule has 2 amide bonds. The second-order valence-corrected chi connectivity index (χ2v) is 6.57. The van der Waals surface area contributed by atoms with Crippen LogP contribution in [-0.4, -0.2) is 17.2 Å². The Labute approximate surface area is 156 Å². The average molecular weight is 371 g/mol. The van der Waals surface area contributed by atoms with E-state index in [1.807, 2.05) is 30.3 Å². The lowest BCUT2D eigenvalue weighted by Crippen LogP contribution is -2.22. The molecule has 3 rings (SSSR count). The van der Waals surface area contributed by atoms with Crippen LogP contribution in [0.2, 0.25) is 0 Å². The molecule has 0 spiro atoms. The third kappa shape index (κ3) is 3.73. The molecular weight excluding hydrogens is 352 g/mol. The zero-order valence-corrected chi connectivity index (χ0v) is 15.3. The largest absolute Gasteiger partial charge is 0.449 e. The van der Waals surface area contributed by atoms with Gasteiger partial charge in [-0.1, -0.05) is 31.2 Å². The van der Waals surface area contributed by atoms with E-state index < -0.39 is 17.2 Å². The fourth-order valence-electron chi connectivity index (χ4n) is 2.56. The predicted molar refractivity (Wildman–Crippen MR) is 104 cm³/mol. The molecule has 0 unspecified atom stereocenters. The number of alkyl halides is 1. The smallest absolute Gasteiger partial charge is 0.293 e. The maximum absolute atomic E-state index is 12.7. The number of carbonyl (C=O) groups is 2. The van der Waals surface area contributed by atoms with Gasteiger partial charge in [-0.25, -0.2) is 0 Å². The summed E-state index contributed by atoms with van der Waals surface area (Å²) in [6, 6.07) is 14.7. The van der Waals surface area contributed by atoms with Crippen molar-refractivity contribution in [1.82, 2.24) is 0 Å². The number of furan rings is 1. The van der Waals surface area contributed by atoms with Crippen molar-refractivity contribution in [3.8, 4) is 0 Å². The molecule has 5 nitrogen and oxygen atoms in total. The topological polar surface area (TPSA) is 71.3 Å². The van der Waals surface area contributed by atoms with Crippen LogP contribution < -0.4 is 10.6 Å². The number of aryl methyl sites for hydroxylation is 1. The highest BCUT2D eigenvalue weighted by molar-refractivity contribution is 6.33. The first kappa shape index (κ1) is 18.0. The number of anilines is 2. The van der Waals surface area contributed by atoms with Gasteiger partial charge in [-0.3, -0.25) is 9.59 Å². The number of amides is 2. The van der Waals surface area contributed by atoms with E-state index in [9.17, 15) is 9.59 Å².